The standard InChI is InChI=1S/C10H11ClF3N.C10H12F3NO.C9H6F3NO4.C9H8F3NO2.C8H4F3NO4.C8H8F3NO.Cl2OS/c1-15(2)9-4-7(6-11)3-8(5-9)10(12,13)14;1-14(2)9-4-7(6-15)3-8(5-9)10(11,12)13;1-17-8(14)5-2-6(9(10,11)12)4-7(3-5)13(15)16;1-15-8(14)5-2-6(9(10,11)12)4-7(13)3-5;9-8(10,11)5-1-4(7(13)14)2-6(3-5)12(15)16;9-8(10,11)6-1-5(4-13)2-7(12)3-6;1-4(2)3/h3-5H,6H2,1-2H3;3-5,15H,6H2,1-2H3;2-4H,1H3;2-4H,13H2,1H3;1-3H,(H,13,14);1-3,13H,4,12H2;. The lowest BCUT2D eigenvalue weighted by Crippen LogP contribution is -2.12. The number of carbonyl (C=O) groups excluding carboxylic acids is 2. The van der Waals surface area contributed by atoms with Gasteiger partial charge in [-0.05, 0) is 102 Å². The summed E-state index contributed by atoms with van der Waals surface area (Å²) in [6, 6.07) is 15.7. The molecule has 0 aliphatic carbocycles. The number of aliphatic hydroxyl groups excluding tert-OH is 2. The average molecular weight is 1470 g/mol. The Kier molecular flexibility index (Phi) is 33.6. The van der Waals surface area contributed by atoms with Crippen LogP contribution in [0, 0.1) is 20.2 Å². The van der Waals surface area contributed by atoms with Crippen LogP contribution in [0.15, 0.2) is 109 Å². The number of esters is 2. The Morgan fingerprint density at radius 1 is 0.463 bits per heavy atom. The van der Waals surface area contributed by atoms with Crippen LogP contribution in [0.1, 0.15) is 81.1 Å². The van der Waals surface area contributed by atoms with Gasteiger partial charge >= 0.3 is 55.0 Å². The molecule has 0 amide bonds. The van der Waals surface area contributed by atoms with Crippen LogP contribution in [0.3, 0.4) is 0 Å². The summed E-state index contributed by atoms with van der Waals surface area (Å²) in [5.74, 6) is -3.51. The van der Waals surface area contributed by atoms with Gasteiger partial charge in [0.05, 0.1) is 87.4 Å². The molecule has 0 atom stereocenters. The first-order valence-corrected chi connectivity index (χ1v) is 27.9. The average Bonchev–Trinajstić information content (AvgIpc) is 0.878. The Morgan fingerprint density at radius 3 is 1.02 bits per heavy atom. The van der Waals surface area contributed by atoms with Crippen LogP contribution in [0.4, 0.5) is 113 Å². The number of halogens is 21. The van der Waals surface area contributed by atoms with Crippen molar-refractivity contribution in [2.45, 2.75) is 56.2 Å². The maximum atomic E-state index is 12.5. The Morgan fingerprint density at radius 2 is 0.726 bits per heavy atom. The van der Waals surface area contributed by atoms with Gasteiger partial charge < -0.3 is 46.1 Å². The number of hydrogen-bond donors (Lipinski definition) is 5. The first-order valence-electron chi connectivity index (χ1n) is 24.5. The van der Waals surface area contributed by atoms with Gasteiger partial charge in [0.15, 0.2) is 0 Å². The number of nitro groups is 2. The number of nitrogens with zero attached hydrogens (tertiary/aromatic N) is 4. The van der Waals surface area contributed by atoms with Gasteiger partial charge in [0, 0.05) is 102 Å². The molecule has 19 nitrogen and oxygen atoms in total. The molecule has 0 aromatic heterocycles. The summed E-state index contributed by atoms with van der Waals surface area (Å²) >= 11 is 5.54. The van der Waals surface area contributed by atoms with E-state index in [1.165, 1.54) is 12.1 Å². The molecular weight excluding hydrogens is 1420 g/mol. The van der Waals surface area contributed by atoms with Gasteiger partial charge in [-0.15, -0.1) is 11.6 Å². The van der Waals surface area contributed by atoms with E-state index in [2.05, 4.69) is 30.8 Å². The van der Waals surface area contributed by atoms with Crippen molar-refractivity contribution in [1.82, 2.24) is 0 Å². The van der Waals surface area contributed by atoms with Crippen molar-refractivity contribution in [2.24, 2.45) is 0 Å². The largest absolute Gasteiger partial charge is 0.478 e. The maximum Gasteiger partial charge on any atom is 0.416 e. The molecule has 0 saturated heterocycles. The van der Waals surface area contributed by atoms with E-state index in [9.17, 15) is 114 Å². The third-order valence-corrected chi connectivity index (χ3v) is 11.1. The minimum Gasteiger partial charge on any atom is -0.478 e. The molecule has 6 aromatic rings. The highest BCUT2D eigenvalue weighted by atomic mass is 36.0. The van der Waals surface area contributed by atoms with Gasteiger partial charge in [0.2, 0.25) is 9.23 Å². The van der Waals surface area contributed by atoms with Gasteiger partial charge in [0.25, 0.3) is 11.4 Å². The zero-order valence-electron chi connectivity index (χ0n) is 48.7. The lowest BCUT2D eigenvalue weighted by Gasteiger charge is -2.16. The highest BCUT2D eigenvalue weighted by Crippen LogP contribution is 2.38. The molecule has 0 saturated carbocycles. The van der Waals surface area contributed by atoms with Crippen LogP contribution in [-0.4, -0.2) is 89.7 Å². The van der Waals surface area contributed by atoms with Crippen LogP contribution in [0.25, 0.3) is 0 Å². The van der Waals surface area contributed by atoms with Gasteiger partial charge in [-0.1, -0.05) is 0 Å². The van der Waals surface area contributed by atoms with Crippen molar-refractivity contribution < 1.29 is 132 Å². The van der Waals surface area contributed by atoms with E-state index in [1.54, 1.807) is 44.1 Å². The highest BCUT2D eigenvalue weighted by Gasteiger charge is 2.37. The van der Waals surface area contributed by atoms with Gasteiger partial charge in [-0.2, -0.15) is 79.0 Å². The molecule has 0 heterocycles. The van der Waals surface area contributed by atoms with Crippen molar-refractivity contribution in [2.75, 3.05) is 63.7 Å². The predicted octanol–water partition coefficient (Wildman–Crippen LogP) is 15.4. The number of carbonyl (C=O) groups is 3. The number of nitrogens with two attached hydrogens (primary N) is 2. The van der Waals surface area contributed by atoms with Gasteiger partial charge in [0.1, 0.15) is 0 Å². The number of nitrogen functional groups attached to an aromatic ring is 2. The molecule has 0 spiro atoms. The number of benzene rings is 6. The first kappa shape index (κ1) is 86.4. The fourth-order valence-electron chi connectivity index (χ4n) is 6.50. The minimum absolute atomic E-state index is 0.00104. The second-order valence-corrected chi connectivity index (χ2v) is 21.1. The Balaban J connectivity index is 0.00000110. The molecule has 6 rings (SSSR count). The summed E-state index contributed by atoms with van der Waals surface area (Å²) in [5, 5.41) is 46.7. The van der Waals surface area contributed by atoms with E-state index < -0.39 is 143 Å². The predicted molar refractivity (Wildman–Crippen MR) is 310 cm³/mol. The van der Waals surface area contributed by atoms with Gasteiger partial charge in [-0.25, -0.2) is 18.6 Å². The number of aliphatic hydroxyl groups is 2. The number of alkyl halides is 19. The second-order valence-electron chi connectivity index (χ2n) is 18.3. The van der Waals surface area contributed by atoms with Crippen molar-refractivity contribution in [3.63, 3.8) is 0 Å². The van der Waals surface area contributed by atoms with Crippen LogP contribution in [-0.2, 0) is 74.9 Å². The fourth-order valence-corrected chi connectivity index (χ4v) is 6.66. The van der Waals surface area contributed by atoms with E-state index in [4.69, 9.17) is 42.6 Å². The van der Waals surface area contributed by atoms with E-state index in [0.717, 1.165) is 68.8 Å². The zero-order valence-corrected chi connectivity index (χ0v) is 51.8. The molecule has 6 aromatic carbocycles. The Hall–Kier alpha value is -8.59. The lowest BCUT2D eigenvalue weighted by atomic mass is 10.1. The molecular formula is C54H49Cl3F18N6O13S. The summed E-state index contributed by atoms with van der Waals surface area (Å²) in [5.41, 5.74) is 3.05. The topological polar surface area (TPSA) is 292 Å². The quantitative estimate of drug-likeness (QED) is 0.0162. The molecule has 95 heavy (non-hydrogen) atoms. The summed E-state index contributed by atoms with van der Waals surface area (Å²) in [6.45, 7) is -0.848. The lowest BCUT2D eigenvalue weighted by molar-refractivity contribution is -0.385. The molecule has 0 bridgehead atoms. The van der Waals surface area contributed by atoms with E-state index >= 15 is 0 Å². The smallest absolute Gasteiger partial charge is 0.416 e. The molecule has 0 fully saturated rings. The molecule has 0 radical (unpaired) electrons. The Labute approximate surface area is 540 Å². The molecule has 0 aliphatic rings. The second kappa shape index (κ2) is 36.9. The zero-order chi connectivity index (χ0) is 74.3. The van der Waals surface area contributed by atoms with Crippen molar-refractivity contribution in [3.05, 3.63) is 196 Å². The summed E-state index contributed by atoms with van der Waals surface area (Å²) in [6.07, 6.45) is -27.2. The number of carboxylic acids is 1. The number of anilines is 4. The normalized spacial score (nSPS) is 11.3. The molecule has 0 unspecified atom stereocenters. The molecule has 526 valence electrons. The van der Waals surface area contributed by atoms with Crippen molar-refractivity contribution >= 4 is 94.2 Å². The Bertz CT molecular complexity index is 3510. The first-order chi connectivity index (χ1) is 43.2. The van der Waals surface area contributed by atoms with Crippen LogP contribution >= 0.6 is 33.0 Å². The number of nitro benzene ring substituents is 2. The molecule has 0 aliphatic heterocycles. The van der Waals surface area contributed by atoms with E-state index in [0.29, 0.717) is 47.3 Å². The monoisotopic (exact) mass is 1470 g/mol. The fraction of sp³-hybridized carbons (Fsp3) is 0.278. The number of rotatable bonds is 10. The molecule has 41 heteroatoms. The number of non-ortho nitro benzene ring substituents is 2. The highest BCUT2D eigenvalue weighted by molar-refractivity contribution is 8.26. The minimum atomic E-state index is -4.82. The van der Waals surface area contributed by atoms with Crippen LogP contribution in [0.2, 0.25) is 0 Å². The summed E-state index contributed by atoms with van der Waals surface area (Å²) < 4.78 is 240. The van der Waals surface area contributed by atoms with Crippen molar-refractivity contribution in [3.8, 4) is 0 Å². The third kappa shape index (κ3) is 31.5. The maximum absolute atomic E-state index is 12.5. The van der Waals surface area contributed by atoms with E-state index in [-0.39, 0.29) is 40.0 Å². The number of methoxy groups -OCH3 is 2. The number of aromatic carboxylic acids is 1. The van der Waals surface area contributed by atoms with Crippen LogP contribution < -0.4 is 21.3 Å². The SMILES string of the molecule is CN(C)c1cc(CCl)cc(C(F)(F)F)c1.CN(C)c1cc(CO)cc(C(F)(F)F)c1.COC(=O)c1cc(N)cc(C(F)(F)F)c1.COC(=O)c1cc([N+](=O)[O-])cc(C(F)(F)F)c1.Nc1cc(CO)cc(C(F)(F)F)c1.O=C(O)c1cc([N+](=O)[O-])cc(C(F)(F)F)c1.O=S(Cl)Cl. The number of hydrogen-bond acceptors (Lipinski definition) is 16. The van der Waals surface area contributed by atoms with Crippen molar-refractivity contribution in [1.29, 1.82) is 0 Å². The van der Waals surface area contributed by atoms with Crippen LogP contribution in [0.5, 0.6) is 0 Å². The molecule has 7 N–H and O–H groups in total. The van der Waals surface area contributed by atoms with Gasteiger partial charge in [-0.3, -0.25) is 20.2 Å². The summed E-state index contributed by atoms with van der Waals surface area (Å²) in [7, 11) is 16.1. The summed E-state index contributed by atoms with van der Waals surface area (Å²) in [4.78, 5) is 54.3. The third-order valence-electron chi connectivity index (χ3n) is 10.8. The number of ether oxygens (including phenoxy) is 2. The number of carboxylic acid groups (broad SMARTS) is 1. The van der Waals surface area contributed by atoms with E-state index in [1.807, 2.05) is 0 Å².